The van der Waals surface area contributed by atoms with Crippen LogP contribution in [0.3, 0.4) is 0 Å². The minimum absolute atomic E-state index is 0.214. The summed E-state index contributed by atoms with van der Waals surface area (Å²) < 4.78 is 37.5. The lowest BCUT2D eigenvalue weighted by atomic mass is 10.0. The molecule has 1 aromatic rings. The molecular weight excluding hydrogens is 269 g/mol. The minimum Gasteiger partial charge on any atom is -0.314 e. The van der Waals surface area contributed by atoms with Gasteiger partial charge in [-0.1, -0.05) is 17.4 Å². The van der Waals surface area contributed by atoms with E-state index >= 15 is 0 Å². The van der Waals surface area contributed by atoms with E-state index in [1.807, 2.05) is 5.01 Å². The van der Waals surface area contributed by atoms with Gasteiger partial charge in [0.1, 0.15) is 0 Å². The Labute approximate surface area is 114 Å². The van der Waals surface area contributed by atoms with Crippen molar-refractivity contribution in [1.82, 2.24) is 10.3 Å². The van der Waals surface area contributed by atoms with Crippen molar-refractivity contribution in [2.75, 3.05) is 13.1 Å². The summed E-state index contributed by atoms with van der Waals surface area (Å²) in [4.78, 5) is 0. The van der Waals surface area contributed by atoms with Crippen molar-refractivity contribution in [1.29, 1.82) is 0 Å². The van der Waals surface area contributed by atoms with E-state index in [-0.39, 0.29) is 12.1 Å². The number of benzene rings is 1. The van der Waals surface area contributed by atoms with Crippen molar-refractivity contribution in [3.05, 3.63) is 35.4 Å². The third kappa shape index (κ3) is 2.63. The van der Waals surface area contributed by atoms with Crippen molar-refractivity contribution in [2.45, 2.75) is 31.2 Å². The van der Waals surface area contributed by atoms with Gasteiger partial charge in [-0.3, -0.25) is 5.01 Å². The first-order valence-corrected chi connectivity index (χ1v) is 6.58. The van der Waals surface area contributed by atoms with E-state index in [0.717, 1.165) is 37.2 Å². The molecule has 2 unspecified atom stereocenters. The highest BCUT2D eigenvalue weighted by Gasteiger charge is 2.34. The van der Waals surface area contributed by atoms with Crippen LogP contribution in [-0.2, 0) is 12.7 Å². The van der Waals surface area contributed by atoms with Crippen LogP contribution in [0.5, 0.6) is 0 Å². The summed E-state index contributed by atoms with van der Waals surface area (Å²) in [7, 11) is 0. The molecule has 4 nitrogen and oxygen atoms in total. The van der Waals surface area contributed by atoms with Gasteiger partial charge in [-0.05, 0) is 30.7 Å². The van der Waals surface area contributed by atoms with E-state index in [1.165, 1.54) is 12.1 Å². The van der Waals surface area contributed by atoms with Crippen molar-refractivity contribution in [3.8, 4) is 0 Å². The number of piperidine rings is 1. The van der Waals surface area contributed by atoms with Gasteiger partial charge in [0.15, 0.2) is 0 Å². The number of rotatable bonds is 2. The maximum atomic E-state index is 12.5. The third-order valence-corrected chi connectivity index (χ3v) is 3.74. The molecule has 0 aromatic heterocycles. The Balaban J connectivity index is 1.68. The second-order valence-electron chi connectivity index (χ2n) is 5.12. The highest BCUT2D eigenvalue weighted by molar-refractivity contribution is 5.24. The molecule has 0 amide bonds. The summed E-state index contributed by atoms with van der Waals surface area (Å²) in [5.74, 6) is 0. The molecule has 1 saturated heterocycles. The Morgan fingerprint density at radius 1 is 1.25 bits per heavy atom. The van der Waals surface area contributed by atoms with Gasteiger partial charge < -0.3 is 5.32 Å². The fraction of sp³-hybridized carbons (Fsp3) is 0.538. The van der Waals surface area contributed by atoms with E-state index in [4.69, 9.17) is 0 Å². The van der Waals surface area contributed by atoms with Gasteiger partial charge in [0.25, 0.3) is 0 Å². The Hall–Kier alpha value is -1.63. The maximum absolute atomic E-state index is 12.5. The topological polar surface area (TPSA) is 40.0 Å². The second kappa shape index (κ2) is 5.05. The maximum Gasteiger partial charge on any atom is 0.416 e. The number of alkyl halides is 3. The molecule has 2 heterocycles. The van der Waals surface area contributed by atoms with E-state index in [1.54, 1.807) is 0 Å². The van der Waals surface area contributed by atoms with Crippen LogP contribution in [0.25, 0.3) is 0 Å². The molecule has 2 aliphatic heterocycles. The Kier molecular flexibility index (Phi) is 3.37. The SMILES string of the molecule is FC(F)(F)c1ccc(CN2N=NC3CCNCC32)cc1. The molecule has 0 spiro atoms. The summed E-state index contributed by atoms with van der Waals surface area (Å²) in [6.07, 6.45) is -3.33. The lowest BCUT2D eigenvalue weighted by Crippen LogP contribution is -2.47. The van der Waals surface area contributed by atoms with Crippen molar-refractivity contribution < 1.29 is 13.2 Å². The fourth-order valence-corrected chi connectivity index (χ4v) is 2.60. The number of halogens is 3. The highest BCUT2D eigenvalue weighted by atomic mass is 19.4. The van der Waals surface area contributed by atoms with E-state index in [2.05, 4.69) is 15.7 Å². The predicted molar refractivity (Wildman–Crippen MR) is 66.9 cm³/mol. The Morgan fingerprint density at radius 3 is 2.70 bits per heavy atom. The third-order valence-electron chi connectivity index (χ3n) is 3.74. The standard InChI is InChI=1S/C13H15F3N4/c14-13(15,16)10-3-1-9(2-4-10)8-20-12-7-17-6-5-11(12)18-19-20/h1-4,11-12,17H,5-8H2. The van der Waals surface area contributed by atoms with Crippen LogP contribution in [0.15, 0.2) is 34.6 Å². The molecule has 1 N–H and O–H groups in total. The lowest BCUT2D eigenvalue weighted by Gasteiger charge is -2.29. The largest absolute Gasteiger partial charge is 0.416 e. The molecule has 108 valence electrons. The lowest BCUT2D eigenvalue weighted by molar-refractivity contribution is -0.137. The summed E-state index contributed by atoms with van der Waals surface area (Å²) in [6.45, 7) is 2.25. The first kappa shape index (κ1) is 13.4. The van der Waals surface area contributed by atoms with E-state index < -0.39 is 11.7 Å². The van der Waals surface area contributed by atoms with Gasteiger partial charge in [-0.25, -0.2) is 0 Å². The molecule has 2 atom stereocenters. The molecule has 0 saturated carbocycles. The molecule has 3 rings (SSSR count). The van der Waals surface area contributed by atoms with Crippen LogP contribution in [0.1, 0.15) is 17.5 Å². The van der Waals surface area contributed by atoms with E-state index in [0.29, 0.717) is 6.54 Å². The van der Waals surface area contributed by atoms with Crippen molar-refractivity contribution in [3.63, 3.8) is 0 Å². The minimum atomic E-state index is -4.29. The summed E-state index contributed by atoms with van der Waals surface area (Å²) in [6, 6.07) is 5.65. The smallest absolute Gasteiger partial charge is 0.314 e. The molecule has 7 heteroatoms. The first-order valence-electron chi connectivity index (χ1n) is 6.58. The van der Waals surface area contributed by atoms with Gasteiger partial charge in [0.05, 0.1) is 24.2 Å². The Morgan fingerprint density at radius 2 is 2.00 bits per heavy atom. The molecule has 0 aliphatic carbocycles. The van der Waals surface area contributed by atoms with Gasteiger partial charge in [0.2, 0.25) is 0 Å². The van der Waals surface area contributed by atoms with E-state index in [9.17, 15) is 13.2 Å². The number of nitrogens with zero attached hydrogens (tertiary/aromatic N) is 3. The molecule has 1 aromatic carbocycles. The average Bonchev–Trinajstić information content (AvgIpc) is 2.82. The quantitative estimate of drug-likeness (QED) is 0.907. The van der Waals surface area contributed by atoms with Crippen molar-refractivity contribution >= 4 is 0 Å². The fourth-order valence-electron chi connectivity index (χ4n) is 2.60. The van der Waals surface area contributed by atoms with Crippen LogP contribution < -0.4 is 5.32 Å². The molecule has 0 radical (unpaired) electrons. The highest BCUT2D eigenvalue weighted by Crippen LogP contribution is 2.30. The molecule has 1 fully saturated rings. The van der Waals surface area contributed by atoms with Gasteiger partial charge >= 0.3 is 6.18 Å². The Bertz CT molecular complexity index is 497. The summed E-state index contributed by atoms with van der Waals surface area (Å²) in [5.41, 5.74) is 0.185. The monoisotopic (exact) mass is 284 g/mol. The molecule has 20 heavy (non-hydrogen) atoms. The number of nitrogens with one attached hydrogen (secondary N) is 1. The van der Waals surface area contributed by atoms with Crippen LogP contribution in [0.4, 0.5) is 13.2 Å². The summed E-state index contributed by atoms with van der Waals surface area (Å²) >= 11 is 0. The number of hydrogen-bond acceptors (Lipinski definition) is 4. The van der Waals surface area contributed by atoms with Crippen LogP contribution in [0, 0.1) is 0 Å². The van der Waals surface area contributed by atoms with Crippen molar-refractivity contribution in [2.24, 2.45) is 10.3 Å². The van der Waals surface area contributed by atoms with Gasteiger partial charge in [-0.2, -0.15) is 18.3 Å². The zero-order valence-electron chi connectivity index (χ0n) is 10.8. The zero-order valence-corrected chi connectivity index (χ0v) is 10.8. The number of fused-ring (bicyclic) bond motifs is 1. The predicted octanol–water partition coefficient (Wildman–Crippen LogP) is 2.62. The second-order valence-corrected chi connectivity index (χ2v) is 5.12. The average molecular weight is 284 g/mol. The van der Waals surface area contributed by atoms with Crippen LogP contribution in [0.2, 0.25) is 0 Å². The van der Waals surface area contributed by atoms with Crippen LogP contribution in [-0.4, -0.2) is 30.2 Å². The van der Waals surface area contributed by atoms with Gasteiger partial charge in [0, 0.05) is 6.54 Å². The molecule has 0 bridgehead atoms. The summed E-state index contributed by atoms with van der Waals surface area (Å²) in [5, 5.41) is 13.5. The zero-order chi connectivity index (χ0) is 14.2. The first-order chi connectivity index (χ1) is 9.54. The van der Waals surface area contributed by atoms with Crippen LogP contribution >= 0.6 is 0 Å². The van der Waals surface area contributed by atoms with Gasteiger partial charge in [-0.15, -0.1) is 0 Å². The molecular formula is C13H15F3N4. The molecule has 2 aliphatic rings. The normalized spacial score (nSPS) is 25.9. The number of hydrogen-bond donors (Lipinski definition) is 1.